The topological polar surface area (TPSA) is 55.5 Å². The van der Waals surface area contributed by atoms with Crippen molar-refractivity contribution in [3.8, 4) is 5.75 Å². The molecule has 13 heavy (non-hydrogen) atoms. The van der Waals surface area contributed by atoms with E-state index in [1.54, 1.807) is 0 Å². The number of anilines is 1. The molecule has 0 atom stereocenters. The van der Waals surface area contributed by atoms with Crippen LogP contribution in [0.25, 0.3) is 0 Å². The second kappa shape index (κ2) is 4.43. The number of halogens is 2. The van der Waals surface area contributed by atoms with Crippen LogP contribution >= 0.6 is 15.9 Å². The van der Waals surface area contributed by atoms with Crippen molar-refractivity contribution >= 4 is 21.6 Å². The minimum atomic E-state index is -0.442. The molecule has 0 aliphatic heterocycles. The van der Waals surface area contributed by atoms with Gasteiger partial charge in [-0.3, -0.25) is 0 Å². The zero-order valence-electron chi connectivity index (χ0n) is 6.76. The summed E-state index contributed by atoms with van der Waals surface area (Å²) in [6.45, 7) is -0.0470. The fourth-order valence-electron chi connectivity index (χ4n) is 0.841. The number of rotatable bonds is 3. The molecular weight excluding hydrogens is 241 g/mol. The third-order valence-electron chi connectivity index (χ3n) is 1.42. The Bertz CT molecular complexity index is 306. The summed E-state index contributed by atoms with van der Waals surface area (Å²) in [5, 5.41) is 8.50. The molecule has 1 aromatic rings. The molecule has 0 aliphatic rings. The zero-order valence-corrected chi connectivity index (χ0v) is 8.34. The average Bonchev–Trinajstić information content (AvgIpc) is 2.12. The van der Waals surface area contributed by atoms with Crippen molar-refractivity contribution in [1.82, 2.24) is 0 Å². The lowest BCUT2D eigenvalue weighted by Crippen LogP contribution is -2.05. The standard InChI is InChI=1S/C8H9BrFNO2/c9-7-5(10)1-2-6(11)8(7)13-4-3-12/h1-2,12H,3-4,11H2. The predicted octanol–water partition coefficient (Wildman–Crippen LogP) is 1.54. The summed E-state index contributed by atoms with van der Waals surface area (Å²) in [5.41, 5.74) is 5.86. The number of benzene rings is 1. The van der Waals surface area contributed by atoms with Gasteiger partial charge in [-0.15, -0.1) is 0 Å². The molecule has 0 aliphatic carbocycles. The normalized spacial score (nSPS) is 10.1. The van der Waals surface area contributed by atoms with E-state index in [-0.39, 0.29) is 23.4 Å². The van der Waals surface area contributed by atoms with Crippen molar-refractivity contribution in [2.45, 2.75) is 0 Å². The second-order valence-electron chi connectivity index (χ2n) is 2.35. The van der Waals surface area contributed by atoms with Gasteiger partial charge >= 0.3 is 0 Å². The minimum Gasteiger partial charge on any atom is -0.488 e. The van der Waals surface area contributed by atoms with Gasteiger partial charge in [0.15, 0.2) is 5.75 Å². The zero-order chi connectivity index (χ0) is 9.84. The lowest BCUT2D eigenvalue weighted by molar-refractivity contribution is 0.201. The third kappa shape index (κ3) is 2.32. The van der Waals surface area contributed by atoms with Crippen LogP contribution in [-0.4, -0.2) is 18.3 Å². The highest BCUT2D eigenvalue weighted by molar-refractivity contribution is 9.10. The summed E-state index contributed by atoms with van der Waals surface area (Å²) >= 11 is 3.00. The molecule has 0 spiro atoms. The van der Waals surface area contributed by atoms with Crippen molar-refractivity contribution in [1.29, 1.82) is 0 Å². The molecule has 0 fully saturated rings. The lowest BCUT2D eigenvalue weighted by atomic mass is 10.3. The van der Waals surface area contributed by atoms with Crippen molar-refractivity contribution in [2.75, 3.05) is 18.9 Å². The highest BCUT2D eigenvalue weighted by Gasteiger charge is 2.10. The molecular formula is C8H9BrFNO2. The maximum Gasteiger partial charge on any atom is 0.159 e. The maximum atomic E-state index is 12.9. The van der Waals surface area contributed by atoms with Crippen LogP contribution in [0.15, 0.2) is 16.6 Å². The van der Waals surface area contributed by atoms with E-state index in [0.717, 1.165) is 0 Å². The van der Waals surface area contributed by atoms with Crippen LogP contribution in [0.5, 0.6) is 5.75 Å². The Morgan fingerprint density at radius 3 is 2.85 bits per heavy atom. The molecule has 3 N–H and O–H groups in total. The fraction of sp³-hybridized carbons (Fsp3) is 0.250. The van der Waals surface area contributed by atoms with E-state index in [1.165, 1.54) is 12.1 Å². The molecule has 5 heteroatoms. The molecule has 1 aromatic carbocycles. The number of hydrogen-bond donors (Lipinski definition) is 2. The molecule has 0 amide bonds. The number of nitrogen functional groups attached to an aromatic ring is 1. The van der Waals surface area contributed by atoms with Crippen LogP contribution in [0.3, 0.4) is 0 Å². The summed E-state index contributed by atoms with van der Waals surface area (Å²) in [7, 11) is 0. The van der Waals surface area contributed by atoms with Crippen LogP contribution < -0.4 is 10.5 Å². The molecule has 0 bridgehead atoms. The predicted molar refractivity (Wildman–Crippen MR) is 51.1 cm³/mol. The van der Waals surface area contributed by atoms with Crippen LogP contribution in [0.4, 0.5) is 10.1 Å². The molecule has 0 saturated carbocycles. The van der Waals surface area contributed by atoms with Crippen LogP contribution in [-0.2, 0) is 0 Å². The Labute approximate surface area is 83.4 Å². The van der Waals surface area contributed by atoms with E-state index < -0.39 is 5.82 Å². The summed E-state index contributed by atoms with van der Waals surface area (Å²) in [4.78, 5) is 0. The number of aliphatic hydroxyl groups excluding tert-OH is 1. The average molecular weight is 250 g/mol. The molecule has 3 nitrogen and oxygen atoms in total. The van der Waals surface area contributed by atoms with E-state index in [2.05, 4.69) is 15.9 Å². The first-order chi connectivity index (χ1) is 6.16. The number of hydrogen-bond acceptors (Lipinski definition) is 3. The molecule has 0 unspecified atom stereocenters. The van der Waals surface area contributed by atoms with Crippen molar-refractivity contribution < 1.29 is 14.2 Å². The lowest BCUT2D eigenvalue weighted by Gasteiger charge is -2.09. The van der Waals surface area contributed by atoms with Gasteiger partial charge in [0, 0.05) is 0 Å². The van der Waals surface area contributed by atoms with Crippen molar-refractivity contribution in [2.24, 2.45) is 0 Å². The highest BCUT2D eigenvalue weighted by Crippen LogP contribution is 2.33. The molecule has 0 heterocycles. The first-order valence-corrected chi connectivity index (χ1v) is 4.43. The van der Waals surface area contributed by atoms with Crippen LogP contribution in [0.1, 0.15) is 0 Å². The summed E-state index contributed by atoms with van der Waals surface area (Å²) in [6.07, 6.45) is 0. The molecule has 0 saturated heterocycles. The van der Waals surface area contributed by atoms with Gasteiger partial charge in [-0.25, -0.2) is 4.39 Å². The Balaban J connectivity index is 2.96. The van der Waals surface area contributed by atoms with Crippen LogP contribution in [0.2, 0.25) is 0 Å². The Morgan fingerprint density at radius 2 is 2.23 bits per heavy atom. The fourth-order valence-corrected chi connectivity index (χ4v) is 1.32. The van der Waals surface area contributed by atoms with Gasteiger partial charge in [-0.2, -0.15) is 0 Å². The summed E-state index contributed by atoms with van der Waals surface area (Å²) in [5.74, 6) is -0.212. The molecule has 0 aromatic heterocycles. The van der Waals surface area contributed by atoms with Crippen molar-refractivity contribution in [3.05, 3.63) is 22.4 Å². The van der Waals surface area contributed by atoms with Gasteiger partial charge < -0.3 is 15.6 Å². The van der Waals surface area contributed by atoms with E-state index in [4.69, 9.17) is 15.6 Å². The minimum absolute atomic E-state index is 0.0895. The van der Waals surface area contributed by atoms with Gasteiger partial charge in [-0.1, -0.05) is 0 Å². The van der Waals surface area contributed by atoms with Crippen molar-refractivity contribution in [3.63, 3.8) is 0 Å². The van der Waals surface area contributed by atoms with Gasteiger partial charge in [0.1, 0.15) is 12.4 Å². The van der Waals surface area contributed by atoms with E-state index in [1.807, 2.05) is 0 Å². The van der Waals surface area contributed by atoms with Gasteiger partial charge in [0.2, 0.25) is 0 Å². The SMILES string of the molecule is Nc1ccc(F)c(Br)c1OCCO. The molecule has 72 valence electrons. The highest BCUT2D eigenvalue weighted by atomic mass is 79.9. The molecule has 1 rings (SSSR count). The maximum absolute atomic E-state index is 12.9. The first-order valence-electron chi connectivity index (χ1n) is 3.64. The summed E-state index contributed by atoms with van der Waals surface area (Å²) < 4.78 is 18.2. The van der Waals surface area contributed by atoms with Crippen LogP contribution in [0, 0.1) is 5.82 Å². The smallest absolute Gasteiger partial charge is 0.159 e. The number of nitrogens with two attached hydrogens (primary N) is 1. The van der Waals surface area contributed by atoms with E-state index >= 15 is 0 Å². The quantitative estimate of drug-likeness (QED) is 0.800. The third-order valence-corrected chi connectivity index (χ3v) is 2.16. The van der Waals surface area contributed by atoms with E-state index in [0.29, 0.717) is 5.69 Å². The van der Waals surface area contributed by atoms with E-state index in [9.17, 15) is 4.39 Å². The van der Waals surface area contributed by atoms with Gasteiger partial charge in [-0.05, 0) is 28.1 Å². The Morgan fingerprint density at radius 1 is 1.54 bits per heavy atom. The van der Waals surface area contributed by atoms with Gasteiger partial charge in [0.25, 0.3) is 0 Å². The monoisotopic (exact) mass is 249 g/mol. The largest absolute Gasteiger partial charge is 0.488 e. The van der Waals surface area contributed by atoms with Gasteiger partial charge in [0.05, 0.1) is 16.8 Å². The second-order valence-corrected chi connectivity index (χ2v) is 3.14. The number of aliphatic hydroxyl groups is 1. The molecule has 0 radical (unpaired) electrons. The Kier molecular flexibility index (Phi) is 3.50. The number of ether oxygens (including phenoxy) is 1. The first kappa shape index (κ1) is 10.3. The summed E-state index contributed by atoms with van der Waals surface area (Å²) in [6, 6.07) is 2.65. The Hall–Kier alpha value is -0.810.